The lowest BCUT2D eigenvalue weighted by atomic mass is 9.92. The summed E-state index contributed by atoms with van der Waals surface area (Å²) in [6.07, 6.45) is 3.13. The molecular formula is C26H35N3O2S. The number of thiocarbonyl (C=S) groups is 1. The van der Waals surface area contributed by atoms with Crippen LogP contribution >= 0.6 is 12.2 Å². The zero-order chi connectivity index (χ0) is 23.3. The number of nitrogens with two attached hydrogens (primary N) is 1. The van der Waals surface area contributed by atoms with Crippen LogP contribution in [0.25, 0.3) is 0 Å². The number of carbonyl (C=O) groups is 2. The second-order valence-corrected chi connectivity index (χ2v) is 9.07. The summed E-state index contributed by atoms with van der Waals surface area (Å²) in [6, 6.07) is 19.9. The van der Waals surface area contributed by atoms with Crippen LogP contribution < -0.4 is 16.4 Å². The lowest BCUT2D eigenvalue weighted by Gasteiger charge is -2.25. The molecule has 0 aliphatic heterocycles. The van der Waals surface area contributed by atoms with Gasteiger partial charge >= 0.3 is 0 Å². The molecule has 172 valence electrons. The van der Waals surface area contributed by atoms with Gasteiger partial charge in [-0.15, -0.1) is 0 Å². The Morgan fingerprint density at radius 1 is 0.969 bits per heavy atom. The molecule has 0 aliphatic rings. The number of carbonyl (C=O) groups excluding carboxylic acids is 2. The van der Waals surface area contributed by atoms with Crippen molar-refractivity contribution >= 4 is 29.0 Å². The van der Waals surface area contributed by atoms with Gasteiger partial charge in [-0.05, 0) is 42.7 Å². The third kappa shape index (κ3) is 9.60. The third-order valence-corrected chi connectivity index (χ3v) is 5.70. The van der Waals surface area contributed by atoms with E-state index in [9.17, 15) is 9.59 Å². The highest BCUT2D eigenvalue weighted by Crippen LogP contribution is 2.16. The van der Waals surface area contributed by atoms with Gasteiger partial charge in [0.15, 0.2) is 0 Å². The molecule has 0 bridgehead atoms. The van der Waals surface area contributed by atoms with Crippen molar-refractivity contribution in [2.24, 2.45) is 17.6 Å². The molecule has 0 radical (unpaired) electrons. The molecule has 32 heavy (non-hydrogen) atoms. The Balaban J connectivity index is 2.01. The summed E-state index contributed by atoms with van der Waals surface area (Å²) in [5.41, 5.74) is 7.77. The number of rotatable bonds is 13. The lowest BCUT2D eigenvalue weighted by Crippen LogP contribution is -2.49. The number of aryl methyl sites for hydroxylation is 1. The van der Waals surface area contributed by atoms with Crippen LogP contribution in [0.4, 0.5) is 0 Å². The minimum atomic E-state index is -0.466. The quantitative estimate of drug-likeness (QED) is 0.318. The third-order valence-electron chi connectivity index (χ3n) is 5.27. The molecule has 5 nitrogen and oxygen atoms in total. The van der Waals surface area contributed by atoms with Gasteiger partial charge in [0.2, 0.25) is 11.8 Å². The number of hydrogen-bond acceptors (Lipinski definition) is 3. The average molecular weight is 454 g/mol. The van der Waals surface area contributed by atoms with Crippen molar-refractivity contribution in [3.63, 3.8) is 0 Å². The van der Waals surface area contributed by atoms with Crippen LogP contribution in [0.1, 0.15) is 44.2 Å². The Morgan fingerprint density at radius 3 is 2.12 bits per heavy atom. The summed E-state index contributed by atoms with van der Waals surface area (Å²) in [6.45, 7) is 4.79. The summed E-state index contributed by atoms with van der Waals surface area (Å²) in [5, 5.41) is 6.41. The average Bonchev–Trinajstić information content (AvgIpc) is 2.76. The Bertz CT molecular complexity index is 856. The van der Waals surface area contributed by atoms with E-state index in [1.807, 2.05) is 62.4 Å². The second kappa shape index (κ2) is 13.6. The van der Waals surface area contributed by atoms with E-state index in [2.05, 4.69) is 22.8 Å². The van der Waals surface area contributed by atoms with Crippen LogP contribution in [0.15, 0.2) is 60.7 Å². The van der Waals surface area contributed by atoms with Crippen molar-refractivity contribution in [3.8, 4) is 0 Å². The van der Waals surface area contributed by atoms with Crippen LogP contribution in [-0.4, -0.2) is 29.4 Å². The van der Waals surface area contributed by atoms with Crippen LogP contribution in [0, 0.1) is 11.8 Å². The van der Waals surface area contributed by atoms with Gasteiger partial charge in [0, 0.05) is 18.9 Å². The first-order chi connectivity index (χ1) is 15.3. The summed E-state index contributed by atoms with van der Waals surface area (Å²) in [4.78, 5) is 25.1. The molecule has 0 saturated carbocycles. The normalized spacial score (nSPS) is 12.7. The Labute approximate surface area is 197 Å². The van der Waals surface area contributed by atoms with Crippen molar-refractivity contribution < 1.29 is 9.59 Å². The Hall–Kier alpha value is -2.73. The monoisotopic (exact) mass is 453 g/mol. The molecule has 2 atom stereocenters. The SMILES string of the molecule is CC(C)C[C@H](CC(N)=O)C(=O)N[C@@H](Cc1ccccc1)C(=S)NCCCc1ccccc1. The van der Waals surface area contributed by atoms with E-state index in [0.29, 0.717) is 17.8 Å². The fourth-order valence-electron chi connectivity index (χ4n) is 3.72. The fraction of sp³-hybridized carbons (Fsp3) is 0.423. The van der Waals surface area contributed by atoms with Gasteiger partial charge in [0.05, 0.1) is 11.0 Å². The van der Waals surface area contributed by atoms with Gasteiger partial charge in [0.1, 0.15) is 0 Å². The summed E-state index contributed by atoms with van der Waals surface area (Å²) < 4.78 is 0. The molecule has 0 heterocycles. The molecule has 0 unspecified atom stereocenters. The summed E-state index contributed by atoms with van der Waals surface area (Å²) in [7, 11) is 0. The topological polar surface area (TPSA) is 84.2 Å². The van der Waals surface area contributed by atoms with Crippen LogP contribution in [0.2, 0.25) is 0 Å². The van der Waals surface area contributed by atoms with Crippen LogP contribution in [-0.2, 0) is 22.4 Å². The molecule has 2 aromatic rings. The predicted octanol–water partition coefficient (Wildman–Crippen LogP) is 3.80. The maximum absolute atomic E-state index is 13.0. The van der Waals surface area contributed by atoms with Crippen molar-refractivity contribution in [1.82, 2.24) is 10.6 Å². The highest BCUT2D eigenvalue weighted by Gasteiger charge is 2.26. The van der Waals surface area contributed by atoms with Gasteiger partial charge in [-0.2, -0.15) is 0 Å². The number of benzene rings is 2. The maximum Gasteiger partial charge on any atom is 0.224 e. The minimum Gasteiger partial charge on any atom is -0.378 e. The maximum atomic E-state index is 13.0. The van der Waals surface area contributed by atoms with E-state index < -0.39 is 11.8 Å². The summed E-state index contributed by atoms with van der Waals surface area (Å²) >= 11 is 5.67. The van der Waals surface area contributed by atoms with E-state index >= 15 is 0 Å². The molecule has 0 aromatic heterocycles. The van der Waals surface area contributed by atoms with E-state index in [1.54, 1.807) is 0 Å². The fourth-order valence-corrected chi connectivity index (χ4v) is 3.96. The minimum absolute atomic E-state index is 0.0410. The molecule has 2 aromatic carbocycles. The molecule has 2 amide bonds. The molecule has 0 saturated heterocycles. The molecule has 2 rings (SSSR count). The van der Waals surface area contributed by atoms with Crippen LogP contribution in [0.3, 0.4) is 0 Å². The number of amides is 2. The van der Waals surface area contributed by atoms with E-state index in [1.165, 1.54) is 5.56 Å². The molecular weight excluding hydrogens is 418 g/mol. The van der Waals surface area contributed by atoms with Gasteiger partial charge in [-0.25, -0.2) is 0 Å². The van der Waals surface area contributed by atoms with Crippen LogP contribution in [0.5, 0.6) is 0 Å². The first-order valence-electron chi connectivity index (χ1n) is 11.3. The smallest absolute Gasteiger partial charge is 0.224 e. The largest absolute Gasteiger partial charge is 0.378 e. The Morgan fingerprint density at radius 2 is 1.56 bits per heavy atom. The highest BCUT2D eigenvalue weighted by atomic mass is 32.1. The van der Waals surface area contributed by atoms with Crippen molar-refractivity contribution in [2.45, 2.75) is 52.0 Å². The van der Waals surface area contributed by atoms with Gasteiger partial charge < -0.3 is 16.4 Å². The lowest BCUT2D eigenvalue weighted by molar-refractivity contribution is -0.129. The molecule has 0 spiro atoms. The molecule has 0 aliphatic carbocycles. The van der Waals surface area contributed by atoms with Gasteiger partial charge in [-0.3, -0.25) is 9.59 Å². The van der Waals surface area contributed by atoms with Crippen molar-refractivity contribution in [3.05, 3.63) is 71.8 Å². The predicted molar refractivity (Wildman–Crippen MR) is 134 cm³/mol. The standard InChI is InChI=1S/C26H35N3O2S/c1-19(2)16-22(18-24(27)30)25(31)29-23(17-21-12-7-4-8-13-21)26(32)28-15-9-14-20-10-5-3-6-11-20/h3-8,10-13,19,22-23H,9,14-18H2,1-2H3,(H2,27,30)(H,28,32)(H,29,31)/t22-,23+/m1/s1. The number of primary amides is 1. The van der Waals surface area contributed by atoms with Crippen molar-refractivity contribution in [2.75, 3.05) is 6.54 Å². The molecule has 4 N–H and O–H groups in total. The van der Waals surface area contributed by atoms with Gasteiger partial charge in [0.25, 0.3) is 0 Å². The van der Waals surface area contributed by atoms with E-state index in [-0.39, 0.29) is 24.3 Å². The number of hydrogen-bond donors (Lipinski definition) is 3. The van der Waals surface area contributed by atoms with Gasteiger partial charge in [-0.1, -0.05) is 86.7 Å². The molecule has 0 fully saturated rings. The number of nitrogens with one attached hydrogen (secondary N) is 2. The highest BCUT2D eigenvalue weighted by molar-refractivity contribution is 7.80. The first-order valence-corrected chi connectivity index (χ1v) is 11.7. The first kappa shape index (κ1) is 25.5. The summed E-state index contributed by atoms with van der Waals surface area (Å²) in [5.74, 6) is -0.814. The molecule has 6 heteroatoms. The van der Waals surface area contributed by atoms with E-state index in [0.717, 1.165) is 24.9 Å². The Kier molecular flexibility index (Phi) is 10.9. The second-order valence-electron chi connectivity index (χ2n) is 8.63. The zero-order valence-electron chi connectivity index (χ0n) is 19.1. The van der Waals surface area contributed by atoms with Crippen molar-refractivity contribution in [1.29, 1.82) is 0 Å². The van der Waals surface area contributed by atoms with E-state index in [4.69, 9.17) is 18.0 Å². The zero-order valence-corrected chi connectivity index (χ0v) is 19.9.